The van der Waals surface area contributed by atoms with E-state index in [4.69, 9.17) is 4.74 Å². The lowest BCUT2D eigenvalue weighted by molar-refractivity contribution is -0.145. The first-order valence-corrected chi connectivity index (χ1v) is 10.8. The van der Waals surface area contributed by atoms with Gasteiger partial charge in [-0.2, -0.15) is 4.31 Å². The standard InChI is InChI=1S/C19H31N3O5S/c1-6-21(13-15(4)19(24)27-5)14-18(23)20-16-10-9-11-17(12-16)28(25,26)22(7-2)8-3/h9-12,15H,6-8,13-14H2,1-5H3,(H,20,23). The average Bonchev–Trinajstić information content (AvgIpc) is 2.67. The quantitative estimate of drug-likeness (QED) is 0.556. The Balaban J connectivity index is 2.83. The molecule has 0 aliphatic carbocycles. The second kappa shape index (κ2) is 11.1. The Bertz CT molecular complexity index is 763. The summed E-state index contributed by atoms with van der Waals surface area (Å²) < 4.78 is 31.3. The van der Waals surface area contributed by atoms with Gasteiger partial charge in [-0.25, -0.2) is 8.42 Å². The zero-order valence-corrected chi connectivity index (χ0v) is 18.1. The Morgan fingerprint density at radius 2 is 1.79 bits per heavy atom. The summed E-state index contributed by atoms with van der Waals surface area (Å²) in [7, 11) is -2.26. The SMILES string of the molecule is CCN(CC(=O)Nc1cccc(S(=O)(=O)N(CC)CC)c1)CC(C)C(=O)OC. The predicted molar refractivity (Wildman–Crippen MR) is 108 cm³/mol. The fourth-order valence-electron chi connectivity index (χ4n) is 2.82. The second-order valence-corrected chi connectivity index (χ2v) is 8.36. The van der Waals surface area contributed by atoms with Crippen LogP contribution in [-0.4, -0.2) is 69.3 Å². The van der Waals surface area contributed by atoms with Gasteiger partial charge in [0.05, 0.1) is 24.5 Å². The van der Waals surface area contributed by atoms with Gasteiger partial charge in [-0.15, -0.1) is 0 Å². The first-order chi connectivity index (χ1) is 13.2. The van der Waals surface area contributed by atoms with E-state index in [1.165, 1.54) is 23.5 Å². The van der Waals surface area contributed by atoms with Crippen molar-refractivity contribution < 1.29 is 22.7 Å². The number of amides is 1. The topological polar surface area (TPSA) is 96.0 Å². The molecule has 0 aliphatic heterocycles. The molecule has 0 spiro atoms. The number of rotatable bonds is 11. The zero-order chi connectivity index (χ0) is 21.3. The first-order valence-electron chi connectivity index (χ1n) is 9.39. The minimum atomic E-state index is -3.60. The van der Waals surface area contributed by atoms with E-state index < -0.39 is 10.0 Å². The lowest BCUT2D eigenvalue weighted by atomic mass is 10.1. The number of ether oxygens (including phenoxy) is 1. The number of hydrogen-bond donors (Lipinski definition) is 1. The highest BCUT2D eigenvalue weighted by atomic mass is 32.2. The van der Waals surface area contributed by atoms with Crippen LogP contribution in [0.5, 0.6) is 0 Å². The van der Waals surface area contributed by atoms with Crippen LogP contribution >= 0.6 is 0 Å². The van der Waals surface area contributed by atoms with Gasteiger partial charge < -0.3 is 10.1 Å². The molecule has 158 valence electrons. The maximum atomic E-state index is 12.6. The van der Waals surface area contributed by atoms with Crippen LogP contribution in [0, 0.1) is 5.92 Å². The van der Waals surface area contributed by atoms with E-state index in [1.54, 1.807) is 32.9 Å². The molecule has 1 atom stereocenters. The molecule has 1 rings (SSSR count). The molecule has 1 N–H and O–H groups in total. The Morgan fingerprint density at radius 1 is 1.14 bits per heavy atom. The van der Waals surface area contributed by atoms with E-state index in [9.17, 15) is 18.0 Å². The van der Waals surface area contributed by atoms with Crippen LogP contribution in [0.25, 0.3) is 0 Å². The molecular formula is C19H31N3O5S. The van der Waals surface area contributed by atoms with E-state index in [1.807, 2.05) is 11.8 Å². The van der Waals surface area contributed by atoms with Crippen molar-refractivity contribution in [2.75, 3.05) is 45.2 Å². The number of likely N-dealkylation sites (N-methyl/N-ethyl adjacent to an activating group) is 1. The number of carbonyl (C=O) groups excluding carboxylic acids is 2. The normalized spacial score (nSPS) is 12.8. The van der Waals surface area contributed by atoms with E-state index in [2.05, 4.69) is 5.32 Å². The molecule has 0 radical (unpaired) electrons. The lowest BCUT2D eigenvalue weighted by Gasteiger charge is -2.22. The van der Waals surface area contributed by atoms with Gasteiger partial charge in [-0.3, -0.25) is 14.5 Å². The zero-order valence-electron chi connectivity index (χ0n) is 17.3. The molecule has 1 unspecified atom stereocenters. The largest absolute Gasteiger partial charge is 0.469 e. The first kappa shape index (κ1) is 24.1. The number of nitrogens with one attached hydrogen (secondary N) is 1. The van der Waals surface area contributed by atoms with Crippen molar-refractivity contribution in [3.8, 4) is 0 Å². The maximum absolute atomic E-state index is 12.6. The Morgan fingerprint density at radius 3 is 2.32 bits per heavy atom. The molecule has 0 saturated carbocycles. The van der Waals surface area contributed by atoms with Crippen LogP contribution < -0.4 is 5.32 Å². The second-order valence-electron chi connectivity index (χ2n) is 6.42. The van der Waals surface area contributed by atoms with Gasteiger partial charge >= 0.3 is 5.97 Å². The number of carbonyl (C=O) groups is 2. The summed E-state index contributed by atoms with van der Waals surface area (Å²) in [5, 5.41) is 2.73. The molecule has 0 aromatic heterocycles. The third-order valence-corrected chi connectivity index (χ3v) is 6.46. The predicted octanol–water partition coefficient (Wildman–Crippen LogP) is 1.79. The summed E-state index contributed by atoms with van der Waals surface area (Å²) in [6, 6.07) is 6.22. The van der Waals surface area contributed by atoms with Crippen molar-refractivity contribution in [1.29, 1.82) is 0 Å². The molecule has 0 aliphatic rings. The van der Waals surface area contributed by atoms with Crippen molar-refractivity contribution in [3.63, 3.8) is 0 Å². The monoisotopic (exact) mass is 413 g/mol. The molecular weight excluding hydrogens is 382 g/mol. The number of sulfonamides is 1. The van der Waals surface area contributed by atoms with Crippen LogP contribution in [0.2, 0.25) is 0 Å². The van der Waals surface area contributed by atoms with Gasteiger partial charge in [-0.05, 0) is 24.7 Å². The van der Waals surface area contributed by atoms with E-state index in [-0.39, 0.29) is 29.2 Å². The van der Waals surface area contributed by atoms with Crippen molar-refractivity contribution in [2.45, 2.75) is 32.6 Å². The van der Waals surface area contributed by atoms with Gasteiger partial charge in [0.25, 0.3) is 0 Å². The Hall–Kier alpha value is -1.97. The van der Waals surface area contributed by atoms with Crippen LogP contribution in [0.4, 0.5) is 5.69 Å². The van der Waals surface area contributed by atoms with Gasteiger partial charge in [0.15, 0.2) is 0 Å². The number of esters is 1. The fraction of sp³-hybridized carbons (Fsp3) is 0.579. The fourth-order valence-corrected chi connectivity index (χ4v) is 4.32. The highest BCUT2D eigenvalue weighted by Crippen LogP contribution is 2.19. The molecule has 8 nitrogen and oxygen atoms in total. The van der Waals surface area contributed by atoms with Gasteiger partial charge in [-0.1, -0.05) is 33.8 Å². The number of nitrogens with zero attached hydrogens (tertiary/aromatic N) is 2. The van der Waals surface area contributed by atoms with Crippen molar-refractivity contribution >= 4 is 27.6 Å². The van der Waals surface area contributed by atoms with E-state index >= 15 is 0 Å². The summed E-state index contributed by atoms with van der Waals surface area (Å²) in [5.41, 5.74) is 0.412. The summed E-state index contributed by atoms with van der Waals surface area (Å²) >= 11 is 0. The molecule has 1 aromatic rings. The summed E-state index contributed by atoms with van der Waals surface area (Å²) in [6.45, 7) is 9.02. The van der Waals surface area contributed by atoms with E-state index in [0.29, 0.717) is 31.9 Å². The molecule has 28 heavy (non-hydrogen) atoms. The highest BCUT2D eigenvalue weighted by molar-refractivity contribution is 7.89. The van der Waals surface area contributed by atoms with Gasteiger partial charge in [0, 0.05) is 25.3 Å². The molecule has 1 aromatic carbocycles. The van der Waals surface area contributed by atoms with Crippen LogP contribution in [0.1, 0.15) is 27.7 Å². The van der Waals surface area contributed by atoms with Gasteiger partial charge in [0.1, 0.15) is 0 Å². The third-order valence-electron chi connectivity index (χ3n) is 4.41. The maximum Gasteiger partial charge on any atom is 0.309 e. The van der Waals surface area contributed by atoms with E-state index in [0.717, 1.165) is 0 Å². The number of anilines is 1. The van der Waals surface area contributed by atoms with Crippen LogP contribution in [-0.2, 0) is 24.3 Å². The van der Waals surface area contributed by atoms with Crippen molar-refractivity contribution in [3.05, 3.63) is 24.3 Å². The summed E-state index contributed by atoms with van der Waals surface area (Å²) in [5.74, 6) is -0.954. The third kappa shape index (κ3) is 6.57. The van der Waals surface area contributed by atoms with Crippen LogP contribution in [0.3, 0.4) is 0 Å². The summed E-state index contributed by atoms with van der Waals surface area (Å²) in [4.78, 5) is 25.9. The average molecular weight is 414 g/mol. The Labute approximate surface area is 167 Å². The minimum absolute atomic E-state index is 0.0882. The number of hydrogen-bond acceptors (Lipinski definition) is 6. The number of benzene rings is 1. The molecule has 0 bridgehead atoms. The lowest BCUT2D eigenvalue weighted by Crippen LogP contribution is -2.38. The minimum Gasteiger partial charge on any atom is -0.469 e. The van der Waals surface area contributed by atoms with Crippen LogP contribution in [0.15, 0.2) is 29.2 Å². The van der Waals surface area contributed by atoms with Gasteiger partial charge in [0.2, 0.25) is 15.9 Å². The molecule has 1 amide bonds. The Kier molecular flexibility index (Phi) is 9.57. The number of methoxy groups -OCH3 is 1. The molecule has 0 fully saturated rings. The molecule has 0 saturated heterocycles. The molecule has 0 heterocycles. The van der Waals surface area contributed by atoms with Crippen molar-refractivity contribution in [1.82, 2.24) is 9.21 Å². The molecule has 9 heteroatoms. The highest BCUT2D eigenvalue weighted by Gasteiger charge is 2.22. The van der Waals surface area contributed by atoms with Crippen molar-refractivity contribution in [2.24, 2.45) is 5.92 Å². The summed E-state index contributed by atoms with van der Waals surface area (Å²) in [6.07, 6.45) is 0. The smallest absolute Gasteiger partial charge is 0.309 e.